The number of likely N-dealkylation sites (tertiary alicyclic amines) is 1. The highest BCUT2D eigenvalue weighted by Gasteiger charge is 2.37. The lowest BCUT2D eigenvalue weighted by Crippen LogP contribution is -2.55. The Kier molecular flexibility index (Phi) is 5.53. The fourth-order valence-electron chi connectivity index (χ4n) is 4.63. The van der Waals surface area contributed by atoms with Crippen LogP contribution in [0.3, 0.4) is 0 Å². The lowest BCUT2D eigenvalue weighted by molar-refractivity contribution is -0.136. The summed E-state index contributed by atoms with van der Waals surface area (Å²) >= 11 is 0. The van der Waals surface area contributed by atoms with Gasteiger partial charge in [-0.15, -0.1) is 0 Å². The summed E-state index contributed by atoms with van der Waals surface area (Å²) < 4.78 is 4.93. The van der Waals surface area contributed by atoms with Crippen LogP contribution in [0.4, 0.5) is 0 Å². The van der Waals surface area contributed by atoms with Crippen LogP contribution < -0.4 is 5.32 Å². The Bertz CT molecular complexity index is 421. The number of carbonyl (C=O) groups is 1. The molecular formula is C18H32N2O2. The van der Waals surface area contributed by atoms with E-state index in [4.69, 9.17) is 4.74 Å². The molecule has 0 radical (unpaired) electrons. The van der Waals surface area contributed by atoms with Crippen molar-refractivity contribution in [1.82, 2.24) is 10.2 Å². The van der Waals surface area contributed by atoms with E-state index in [1.54, 1.807) is 0 Å². The summed E-state index contributed by atoms with van der Waals surface area (Å²) in [6, 6.07) is 1.32. The zero-order valence-electron chi connectivity index (χ0n) is 13.9. The van der Waals surface area contributed by atoms with Crippen molar-refractivity contribution < 1.29 is 11.0 Å². The Balaban J connectivity index is 0.00000192. The van der Waals surface area contributed by atoms with Crippen molar-refractivity contribution in [2.75, 3.05) is 26.7 Å². The molecule has 0 aromatic heterocycles. The SMILES string of the molecule is COC(=O)/C1=C\CCN[C@@H]2[C@@H](CCC[C@H]2N2CCCC2)CC1.[HH]. The predicted molar refractivity (Wildman–Crippen MR) is 89.8 cm³/mol. The predicted octanol–water partition coefficient (Wildman–Crippen LogP) is 2.74. The van der Waals surface area contributed by atoms with Gasteiger partial charge in [0.05, 0.1) is 7.11 Å². The largest absolute Gasteiger partial charge is 0.466 e. The number of nitrogens with one attached hydrogen (secondary N) is 1. The van der Waals surface area contributed by atoms with Crippen molar-refractivity contribution in [1.29, 1.82) is 0 Å². The quantitative estimate of drug-likeness (QED) is 0.797. The van der Waals surface area contributed by atoms with Crippen LogP contribution in [0.2, 0.25) is 0 Å². The van der Waals surface area contributed by atoms with E-state index in [0.717, 1.165) is 31.4 Å². The molecule has 22 heavy (non-hydrogen) atoms. The lowest BCUT2D eigenvalue weighted by atomic mass is 9.77. The number of fused-ring (bicyclic) bond motifs is 1. The number of esters is 1. The summed E-state index contributed by atoms with van der Waals surface area (Å²) in [6.07, 6.45) is 11.7. The minimum Gasteiger partial charge on any atom is -0.466 e. The van der Waals surface area contributed by atoms with Gasteiger partial charge >= 0.3 is 5.97 Å². The smallest absolute Gasteiger partial charge is 0.333 e. The maximum Gasteiger partial charge on any atom is 0.333 e. The Labute approximate surface area is 135 Å². The second-order valence-corrected chi connectivity index (χ2v) is 7.03. The summed E-state index contributed by atoms with van der Waals surface area (Å²) in [5.74, 6) is 0.566. The molecule has 0 spiro atoms. The average molecular weight is 308 g/mol. The first-order valence-electron chi connectivity index (χ1n) is 9.04. The van der Waals surface area contributed by atoms with Crippen molar-refractivity contribution in [2.24, 2.45) is 5.92 Å². The van der Waals surface area contributed by atoms with Crippen LogP contribution in [-0.4, -0.2) is 49.7 Å². The van der Waals surface area contributed by atoms with Crippen LogP contribution in [0, 0.1) is 5.92 Å². The molecule has 0 unspecified atom stereocenters. The van der Waals surface area contributed by atoms with Gasteiger partial charge in [0.15, 0.2) is 0 Å². The fraction of sp³-hybridized carbons (Fsp3) is 0.833. The van der Waals surface area contributed by atoms with Gasteiger partial charge in [0.1, 0.15) is 0 Å². The van der Waals surface area contributed by atoms with Crippen molar-refractivity contribution >= 4 is 5.97 Å². The molecule has 2 aliphatic heterocycles. The van der Waals surface area contributed by atoms with Gasteiger partial charge in [-0.25, -0.2) is 4.79 Å². The number of hydrogen-bond acceptors (Lipinski definition) is 4. The number of hydrogen-bond donors (Lipinski definition) is 1. The highest BCUT2D eigenvalue weighted by Crippen LogP contribution is 2.34. The highest BCUT2D eigenvalue weighted by molar-refractivity contribution is 5.88. The molecule has 4 heteroatoms. The van der Waals surface area contributed by atoms with Crippen molar-refractivity contribution in [3.63, 3.8) is 0 Å². The Hall–Kier alpha value is -0.870. The van der Waals surface area contributed by atoms with Crippen LogP contribution >= 0.6 is 0 Å². The van der Waals surface area contributed by atoms with Crippen molar-refractivity contribution in [3.05, 3.63) is 11.6 Å². The van der Waals surface area contributed by atoms with E-state index in [9.17, 15) is 4.79 Å². The number of rotatable bonds is 2. The molecule has 4 nitrogen and oxygen atoms in total. The number of carbonyl (C=O) groups excluding carboxylic acids is 1. The minimum atomic E-state index is -0.134. The maximum atomic E-state index is 11.9. The molecular weight excluding hydrogens is 276 g/mol. The molecule has 126 valence electrons. The summed E-state index contributed by atoms with van der Waals surface area (Å²) in [5.41, 5.74) is 0.883. The van der Waals surface area contributed by atoms with Crippen LogP contribution in [-0.2, 0) is 9.53 Å². The van der Waals surface area contributed by atoms with Crippen molar-refractivity contribution in [3.8, 4) is 0 Å². The third-order valence-corrected chi connectivity index (χ3v) is 5.75. The van der Waals surface area contributed by atoms with Crippen LogP contribution in [0.25, 0.3) is 0 Å². The Morgan fingerprint density at radius 3 is 2.86 bits per heavy atom. The number of nitrogens with zero attached hydrogens (tertiary/aromatic N) is 1. The second kappa shape index (κ2) is 7.60. The lowest BCUT2D eigenvalue weighted by Gasteiger charge is -2.43. The summed E-state index contributed by atoms with van der Waals surface area (Å²) in [7, 11) is 1.49. The molecule has 1 saturated heterocycles. The molecule has 3 aliphatic rings. The van der Waals surface area contributed by atoms with E-state index in [1.165, 1.54) is 52.3 Å². The van der Waals surface area contributed by atoms with E-state index >= 15 is 0 Å². The van der Waals surface area contributed by atoms with Gasteiger partial charge < -0.3 is 10.1 Å². The molecule has 0 aromatic rings. The second-order valence-electron chi connectivity index (χ2n) is 7.03. The highest BCUT2D eigenvalue weighted by atomic mass is 16.5. The Morgan fingerprint density at radius 1 is 1.27 bits per heavy atom. The fourth-order valence-corrected chi connectivity index (χ4v) is 4.63. The molecule has 0 bridgehead atoms. The molecule has 3 rings (SSSR count). The van der Waals surface area contributed by atoms with Crippen LogP contribution in [0.15, 0.2) is 11.6 Å². The average Bonchev–Trinajstić information content (AvgIpc) is 3.10. The number of ether oxygens (including phenoxy) is 1. The molecule has 3 atom stereocenters. The van der Waals surface area contributed by atoms with Crippen molar-refractivity contribution in [2.45, 2.75) is 63.5 Å². The first-order valence-corrected chi connectivity index (χ1v) is 9.04. The van der Waals surface area contributed by atoms with E-state index in [0.29, 0.717) is 18.0 Å². The molecule has 0 amide bonds. The van der Waals surface area contributed by atoms with Crippen LogP contribution in [0.5, 0.6) is 0 Å². The molecule has 1 N–H and O–H groups in total. The summed E-state index contributed by atoms with van der Waals surface area (Å²) in [4.78, 5) is 14.6. The standard InChI is InChI=1S/C18H30N2O2.H2/c1-22-18(21)15-7-5-11-19-17-14(9-10-15)6-4-8-16(17)20-12-2-3-13-20;/h7,14,16-17,19H,2-6,8-13H2,1H3;1H/b15-7-;/t14-,16+,17+;/m0./s1. The van der Waals surface area contributed by atoms with Gasteiger partial charge in [0, 0.05) is 19.1 Å². The Morgan fingerprint density at radius 2 is 2.09 bits per heavy atom. The van der Waals surface area contributed by atoms with Gasteiger partial charge in [-0.3, -0.25) is 4.90 Å². The van der Waals surface area contributed by atoms with Crippen LogP contribution in [0.1, 0.15) is 52.8 Å². The number of methoxy groups -OCH3 is 1. The topological polar surface area (TPSA) is 41.6 Å². The van der Waals surface area contributed by atoms with Gasteiger partial charge in [-0.2, -0.15) is 0 Å². The van der Waals surface area contributed by atoms with Gasteiger partial charge in [0.2, 0.25) is 0 Å². The van der Waals surface area contributed by atoms with E-state index in [2.05, 4.69) is 16.3 Å². The van der Waals surface area contributed by atoms with Gasteiger partial charge in [-0.05, 0) is 70.5 Å². The zero-order valence-corrected chi connectivity index (χ0v) is 13.9. The monoisotopic (exact) mass is 308 g/mol. The summed E-state index contributed by atoms with van der Waals surface area (Å²) in [5, 5.41) is 3.83. The molecule has 0 aromatic carbocycles. The molecule has 1 aliphatic carbocycles. The normalized spacial score (nSPS) is 36.4. The van der Waals surface area contributed by atoms with E-state index < -0.39 is 0 Å². The maximum absolute atomic E-state index is 11.9. The van der Waals surface area contributed by atoms with E-state index in [-0.39, 0.29) is 7.40 Å². The van der Waals surface area contributed by atoms with Gasteiger partial charge in [-0.1, -0.05) is 12.5 Å². The third kappa shape index (κ3) is 3.54. The zero-order chi connectivity index (χ0) is 15.4. The van der Waals surface area contributed by atoms with E-state index in [1.807, 2.05) is 0 Å². The third-order valence-electron chi connectivity index (χ3n) is 5.75. The molecule has 2 fully saturated rings. The molecule has 1 saturated carbocycles. The minimum absolute atomic E-state index is 0. The first-order chi connectivity index (χ1) is 10.8. The molecule has 2 heterocycles. The first kappa shape index (κ1) is 16.0. The van der Waals surface area contributed by atoms with Gasteiger partial charge in [0.25, 0.3) is 0 Å². The summed E-state index contributed by atoms with van der Waals surface area (Å²) in [6.45, 7) is 3.54.